The van der Waals surface area contributed by atoms with Crippen molar-refractivity contribution in [3.8, 4) is 23.7 Å². The van der Waals surface area contributed by atoms with Crippen molar-refractivity contribution in [2.45, 2.75) is 6.61 Å². The molecule has 0 saturated carbocycles. The molecule has 0 aliphatic carbocycles. The van der Waals surface area contributed by atoms with Gasteiger partial charge in [-0.3, -0.25) is 0 Å². The summed E-state index contributed by atoms with van der Waals surface area (Å²) in [6, 6.07) is 16.8. The molecule has 0 atom stereocenters. The first-order chi connectivity index (χ1) is 9.83. The van der Waals surface area contributed by atoms with Crippen molar-refractivity contribution in [1.82, 2.24) is 0 Å². The van der Waals surface area contributed by atoms with Crippen LogP contribution in [0, 0.1) is 23.2 Å². The molecule has 0 unspecified atom stereocenters. The van der Waals surface area contributed by atoms with Gasteiger partial charge in [-0.2, -0.15) is 5.26 Å². The molecule has 2 aromatic carbocycles. The van der Waals surface area contributed by atoms with E-state index < -0.39 is 0 Å². The lowest BCUT2D eigenvalue weighted by molar-refractivity contribution is 0.306. The molecule has 20 heavy (non-hydrogen) atoms. The zero-order valence-corrected chi connectivity index (χ0v) is 10.8. The van der Waals surface area contributed by atoms with Gasteiger partial charge in [0, 0.05) is 11.1 Å². The molecule has 0 spiro atoms. The van der Waals surface area contributed by atoms with Crippen molar-refractivity contribution in [2.24, 2.45) is 0 Å². The summed E-state index contributed by atoms with van der Waals surface area (Å²) in [5.74, 6) is 6.12. The van der Waals surface area contributed by atoms with E-state index in [1.165, 1.54) is 0 Å². The number of hydrogen-bond donors (Lipinski definition) is 1. The Morgan fingerprint density at radius 3 is 2.50 bits per heavy atom. The second-order valence-electron chi connectivity index (χ2n) is 4.04. The molecule has 1 N–H and O–H groups in total. The molecule has 3 nitrogen and oxygen atoms in total. The summed E-state index contributed by atoms with van der Waals surface area (Å²) in [4.78, 5) is 0. The molecule has 0 radical (unpaired) electrons. The number of nitriles is 1. The number of aliphatic hydroxyl groups is 1. The van der Waals surface area contributed by atoms with Crippen LogP contribution < -0.4 is 4.74 Å². The summed E-state index contributed by atoms with van der Waals surface area (Å²) in [6.45, 7) is 0.203. The summed E-state index contributed by atoms with van der Waals surface area (Å²) < 4.78 is 5.65. The Bertz CT molecular complexity index is 673. The summed E-state index contributed by atoms with van der Waals surface area (Å²) in [5.41, 5.74) is 2.31. The van der Waals surface area contributed by atoms with E-state index in [2.05, 4.69) is 17.9 Å². The SMILES string of the molecule is N#Cc1ccccc1COc1ccc(C#CCO)cc1. The van der Waals surface area contributed by atoms with Gasteiger partial charge in [-0.05, 0) is 30.3 Å². The van der Waals surface area contributed by atoms with Gasteiger partial charge >= 0.3 is 0 Å². The highest BCUT2D eigenvalue weighted by Crippen LogP contribution is 2.15. The van der Waals surface area contributed by atoms with Gasteiger partial charge < -0.3 is 9.84 Å². The molecular weight excluding hydrogens is 250 g/mol. The molecule has 0 aromatic heterocycles. The topological polar surface area (TPSA) is 53.2 Å². The Kier molecular flexibility index (Phi) is 4.78. The van der Waals surface area contributed by atoms with Crippen LogP contribution >= 0.6 is 0 Å². The first-order valence-corrected chi connectivity index (χ1v) is 6.14. The van der Waals surface area contributed by atoms with Crippen molar-refractivity contribution < 1.29 is 9.84 Å². The minimum Gasteiger partial charge on any atom is -0.489 e. The number of nitrogens with zero attached hydrogens (tertiary/aromatic N) is 1. The summed E-state index contributed by atoms with van der Waals surface area (Å²) in [7, 11) is 0. The number of aliphatic hydroxyl groups excluding tert-OH is 1. The monoisotopic (exact) mass is 263 g/mol. The highest BCUT2D eigenvalue weighted by molar-refractivity contribution is 5.39. The summed E-state index contributed by atoms with van der Waals surface area (Å²) in [6.07, 6.45) is 0. The quantitative estimate of drug-likeness (QED) is 0.865. The molecule has 0 saturated heterocycles. The number of ether oxygens (including phenoxy) is 1. The van der Waals surface area contributed by atoms with Crippen LogP contribution in [-0.4, -0.2) is 11.7 Å². The number of hydrogen-bond acceptors (Lipinski definition) is 3. The molecule has 3 heteroatoms. The van der Waals surface area contributed by atoms with E-state index in [0.717, 1.165) is 11.1 Å². The third kappa shape index (κ3) is 3.62. The van der Waals surface area contributed by atoms with Gasteiger partial charge in [-0.15, -0.1) is 0 Å². The fourth-order valence-corrected chi connectivity index (χ4v) is 1.69. The zero-order chi connectivity index (χ0) is 14.2. The third-order valence-electron chi connectivity index (χ3n) is 2.70. The highest BCUT2D eigenvalue weighted by Gasteiger charge is 2.01. The fourth-order valence-electron chi connectivity index (χ4n) is 1.69. The van der Waals surface area contributed by atoms with Crippen molar-refractivity contribution >= 4 is 0 Å². The summed E-state index contributed by atoms with van der Waals surface area (Å²) in [5, 5.41) is 17.6. The van der Waals surface area contributed by atoms with Gasteiger partial charge in [0.2, 0.25) is 0 Å². The maximum absolute atomic E-state index is 8.99. The lowest BCUT2D eigenvalue weighted by atomic mass is 10.1. The zero-order valence-electron chi connectivity index (χ0n) is 10.8. The van der Waals surface area contributed by atoms with Gasteiger partial charge in [-0.25, -0.2) is 0 Å². The molecule has 0 heterocycles. The van der Waals surface area contributed by atoms with E-state index in [4.69, 9.17) is 15.1 Å². The van der Waals surface area contributed by atoms with Crippen LogP contribution in [0.15, 0.2) is 48.5 Å². The molecular formula is C17H13NO2. The predicted molar refractivity (Wildman–Crippen MR) is 75.9 cm³/mol. The van der Waals surface area contributed by atoms with Crippen LogP contribution in [0.4, 0.5) is 0 Å². The Labute approximate surface area is 118 Å². The largest absolute Gasteiger partial charge is 0.489 e. The normalized spacial score (nSPS) is 9.20. The van der Waals surface area contributed by atoms with Crippen LogP contribution in [0.3, 0.4) is 0 Å². The lowest BCUT2D eigenvalue weighted by Gasteiger charge is -2.07. The smallest absolute Gasteiger partial charge is 0.119 e. The minimum atomic E-state index is -0.150. The van der Waals surface area contributed by atoms with Crippen LogP contribution in [0.1, 0.15) is 16.7 Å². The standard InChI is InChI=1S/C17H13NO2/c18-12-15-5-1-2-6-16(15)13-20-17-9-7-14(8-10-17)4-3-11-19/h1-2,5-10,19H,11,13H2. The van der Waals surface area contributed by atoms with E-state index in [1.807, 2.05) is 42.5 Å². The molecule has 2 aromatic rings. The van der Waals surface area contributed by atoms with Gasteiger partial charge in [0.25, 0.3) is 0 Å². The van der Waals surface area contributed by atoms with Crippen molar-refractivity contribution in [2.75, 3.05) is 6.61 Å². The van der Waals surface area contributed by atoms with Gasteiger partial charge in [0.15, 0.2) is 0 Å². The Hall–Kier alpha value is -2.75. The fraction of sp³-hybridized carbons (Fsp3) is 0.118. The van der Waals surface area contributed by atoms with E-state index in [1.54, 1.807) is 6.07 Å². The predicted octanol–water partition coefficient (Wildman–Crippen LogP) is 2.48. The molecule has 0 bridgehead atoms. The van der Waals surface area contributed by atoms with Crippen LogP contribution in [0.2, 0.25) is 0 Å². The number of rotatable bonds is 3. The van der Waals surface area contributed by atoms with Gasteiger partial charge in [0.05, 0.1) is 11.6 Å². The lowest BCUT2D eigenvalue weighted by Crippen LogP contribution is -1.98. The van der Waals surface area contributed by atoms with Gasteiger partial charge in [-0.1, -0.05) is 30.0 Å². The van der Waals surface area contributed by atoms with Crippen molar-refractivity contribution in [3.63, 3.8) is 0 Å². The molecule has 0 aliphatic heterocycles. The van der Waals surface area contributed by atoms with E-state index in [0.29, 0.717) is 17.9 Å². The Morgan fingerprint density at radius 1 is 1.05 bits per heavy atom. The molecule has 0 fully saturated rings. The molecule has 2 rings (SSSR count). The van der Waals surface area contributed by atoms with E-state index in [9.17, 15) is 0 Å². The average Bonchev–Trinajstić information content (AvgIpc) is 2.52. The van der Waals surface area contributed by atoms with E-state index >= 15 is 0 Å². The Balaban J connectivity index is 2.02. The molecule has 98 valence electrons. The second-order valence-corrected chi connectivity index (χ2v) is 4.04. The third-order valence-corrected chi connectivity index (χ3v) is 2.70. The minimum absolute atomic E-state index is 0.150. The highest BCUT2D eigenvalue weighted by atomic mass is 16.5. The maximum Gasteiger partial charge on any atom is 0.119 e. The maximum atomic E-state index is 8.99. The summed E-state index contributed by atoms with van der Waals surface area (Å²) >= 11 is 0. The first kappa shape index (κ1) is 13.7. The van der Waals surface area contributed by atoms with Crippen LogP contribution in [0.5, 0.6) is 5.75 Å². The van der Waals surface area contributed by atoms with Crippen molar-refractivity contribution in [3.05, 3.63) is 65.2 Å². The Morgan fingerprint density at radius 2 is 1.80 bits per heavy atom. The molecule has 0 aliphatic rings. The van der Waals surface area contributed by atoms with Gasteiger partial charge in [0.1, 0.15) is 19.0 Å². The average molecular weight is 263 g/mol. The first-order valence-electron chi connectivity index (χ1n) is 6.14. The van der Waals surface area contributed by atoms with E-state index in [-0.39, 0.29) is 6.61 Å². The van der Waals surface area contributed by atoms with Crippen LogP contribution in [-0.2, 0) is 6.61 Å². The van der Waals surface area contributed by atoms with Crippen molar-refractivity contribution in [1.29, 1.82) is 5.26 Å². The van der Waals surface area contributed by atoms with Crippen LogP contribution in [0.25, 0.3) is 0 Å². The second kappa shape index (κ2) is 6.99. The molecule has 0 amide bonds. The number of benzene rings is 2.